The second-order valence-electron chi connectivity index (χ2n) is 8.49. The first-order chi connectivity index (χ1) is 18.1. The van der Waals surface area contributed by atoms with Crippen LogP contribution in [0.5, 0.6) is 11.5 Å². The topological polar surface area (TPSA) is 89.0 Å². The average Bonchev–Trinajstić information content (AvgIpc) is 2.87. The molecule has 0 bridgehead atoms. The van der Waals surface area contributed by atoms with Crippen molar-refractivity contribution in [3.05, 3.63) is 89.9 Å². The van der Waals surface area contributed by atoms with Gasteiger partial charge in [0.1, 0.15) is 12.6 Å². The number of amides is 2. The summed E-state index contributed by atoms with van der Waals surface area (Å²) < 4.78 is 12.3. The highest BCUT2D eigenvalue weighted by molar-refractivity contribution is 14.1. The molecule has 7 nitrogen and oxygen atoms in total. The molecule has 3 rings (SSSR count). The van der Waals surface area contributed by atoms with Crippen LogP contribution in [0.25, 0.3) is 0 Å². The number of rotatable bonds is 10. The summed E-state index contributed by atoms with van der Waals surface area (Å²) in [5.74, 6) is 0.0393. The summed E-state index contributed by atoms with van der Waals surface area (Å²) in [7, 11) is 1.53. The summed E-state index contributed by atoms with van der Waals surface area (Å²) in [4.78, 5) is 25.4. The van der Waals surface area contributed by atoms with Crippen LogP contribution >= 0.6 is 57.4 Å². The molecule has 200 valence electrons. The first kappa shape index (κ1) is 30.0. The van der Waals surface area contributed by atoms with E-state index in [0.717, 1.165) is 9.13 Å². The second kappa shape index (κ2) is 14.0. The quantitative estimate of drug-likeness (QED) is 0.140. The number of hydrogen-bond donors (Lipinski definition) is 2. The third kappa shape index (κ3) is 8.23. The molecule has 1 atom stereocenters. The van der Waals surface area contributed by atoms with Crippen LogP contribution in [0.1, 0.15) is 35.3 Å². The zero-order chi connectivity index (χ0) is 27.8. The highest BCUT2D eigenvalue weighted by atomic mass is 127. The van der Waals surface area contributed by atoms with Gasteiger partial charge in [0.25, 0.3) is 11.8 Å². The minimum atomic E-state index is -0.791. The Labute approximate surface area is 250 Å². The van der Waals surface area contributed by atoms with E-state index in [9.17, 15) is 9.59 Å². The third-order valence-electron chi connectivity index (χ3n) is 5.37. The number of nitrogens with zero attached hydrogens (tertiary/aromatic N) is 1. The number of carbonyl (C=O) groups excluding carboxylic acids is 2. The molecule has 1 unspecified atom stereocenters. The Balaban J connectivity index is 1.66. The molecule has 2 amide bonds. The zero-order valence-corrected chi connectivity index (χ0v) is 25.2. The van der Waals surface area contributed by atoms with Gasteiger partial charge in [0.2, 0.25) is 0 Å². The smallest absolute Gasteiger partial charge is 0.262 e. The molecule has 2 N–H and O–H groups in total. The van der Waals surface area contributed by atoms with Crippen LogP contribution in [0, 0.1) is 9.49 Å². The Kier molecular flexibility index (Phi) is 11.1. The minimum Gasteiger partial charge on any atom is -0.493 e. The lowest BCUT2D eigenvalue weighted by atomic mass is 10.0. The van der Waals surface area contributed by atoms with Gasteiger partial charge in [-0.25, -0.2) is 5.43 Å². The van der Waals surface area contributed by atoms with Crippen molar-refractivity contribution in [2.24, 2.45) is 11.0 Å². The lowest BCUT2D eigenvalue weighted by molar-refractivity contribution is -0.123. The van der Waals surface area contributed by atoms with E-state index in [2.05, 4.69) is 38.4 Å². The fraction of sp³-hybridized carbons (Fsp3) is 0.222. The predicted octanol–water partition coefficient (Wildman–Crippen LogP) is 6.74. The largest absolute Gasteiger partial charge is 0.493 e. The summed E-state index contributed by atoms with van der Waals surface area (Å²) in [5, 5.41) is 8.40. The first-order valence-corrected chi connectivity index (χ1v) is 13.6. The van der Waals surface area contributed by atoms with Gasteiger partial charge >= 0.3 is 0 Å². The highest BCUT2D eigenvalue weighted by Gasteiger charge is 2.24. The fourth-order valence-corrected chi connectivity index (χ4v) is 4.71. The molecule has 0 fully saturated rings. The normalized spacial score (nSPS) is 11.9. The number of nitrogens with one attached hydrogen (secondary N) is 2. The van der Waals surface area contributed by atoms with E-state index in [1.54, 1.807) is 48.5 Å². The van der Waals surface area contributed by atoms with E-state index in [4.69, 9.17) is 44.3 Å². The molecule has 11 heteroatoms. The Morgan fingerprint density at radius 1 is 1.03 bits per heavy atom. The maximum atomic E-state index is 12.8. The van der Waals surface area contributed by atoms with E-state index < -0.39 is 11.9 Å². The van der Waals surface area contributed by atoms with Crippen LogP contribution in [-0.2, 0) is 11.4 Å². The van der Waals surface area contributed by atoms with Gasteiger partial charge in [0.05, 0.1) is 16.9 Å². The van der Waals surface area contributed by atoms with Crippen LogP contribution in [-0.4, -0.2) is 31.2 Å². The molecule has 0 aromatic heterocycles. The molecule has 38 heavy (non-hydrogen) atoms. The van der Waals surface area contributed by atoms with Gasteiger partial charge in [0, 0.05) is 26.2 Å². The Bertz CT molecular complexity index is 1330. The van der Waals surface area contributed by atoms with Crippen molar-refractivity contribution in [2.45, 2.75) is 26.5 Å². The van der Waals surface area contributed by atoms with Crippen molar-refractivity contribution in [3.63, 3.8) is 0 Å². The molecule has 0 saturated heterocycles. The van der Waals surface area contributed by atoms with Crippen molar-refractivity contribution >= 4 is 75.4 Å². The summed E-state index contributed by atoms with van der Waals surface area (Å²) >= 11 is 20.2. The van der Waals surface area contributed by atoms with Crippen LogP contribution in [0.15, 0.2) is 59.7 Å². The second-order valence-corrected chi connectivity index (χ2v) is 10.9. The number of halogens is 4. The molecule has 0 spiro atoms. The maximum Gasteiger partial charge on any atom is 0.262 e. The van der Waals surface area contributed by atoms with Gasteiger partial charge in [0.15, 0.2) is 11.5 Å². The monoisotopic (exact) mass is 687 g/mol. The SMILES string of the molecule is COc1cc(/C=N/NC(=O)C(NC(=O)c2ccc(Cl)cc2)C(C)C)cc(I)c1OCc1ccc(Cl)cc1Cl. The fourth-order valence-electron chi connectivity index (χ4n) is 3.34. The number of ether oxygens (including phenoxy) is 2. The Morgan fingerprint density at radius 2 is 1.71 bits per heavy atom. The number of hydrazone groups is 1. The molecular weight excluding hydrogens is 664 g/mol. The first-order valence-electron chi connectivity index (χ1n) is 11.4. The van der Waals surface area contributed by atoms with Gasteiger partial charge in [-0.1, -0.05) is 54.7 Å². The number of benzene rings is 3. The molecule has 0 saturated carbocycles. The van der Waals surface area contributed by atoms with E-state index in [0.29, 0.717) is 37.7 Å². The molecular formula is C27H25Cl3IN3O4. The van der Waals surface area contributed by atoms with Gasteiger partial charge in [-0.2, -0.15) is 5.10 Å². The van der Waals surface area contributed by atoms with Crippen LogP contribution < -0.4 is 20.2 Å². The lowest BCUT2D eigenvalue weighted by Crippen LogP contribution is -2.48. The van der Waals surface area contributed by atoms with Crippen LogP contribution in [0.2, 0.25) is 15.1 Å². The minimum absolute atomic E-state index is 0.173. The van der Waals surface area contributed by atoms with Crippen molar-refractivity contribution in [3.8, 4) is 11.5 Å². The van der Waals surface area contributed by atoms with Crippen molar-refractivity contribution in [2.75, 3.05) is 7.11 Å². The Hall–Kier alpha value is -2.53. The molecule has 0 aliphatic heterocycles. The van der Waals surface area contributed by atoms with E-state index in [1.807, 2.05) is 19.9 Å². The van der Waals surface area contributed by atoms with Crippen molar-refractivity contribution in [1.29, 1.82) is 0 Å². The predicted molar refractivity (Wildman–Crippen MR) is 160 cm³/mol. The third-order valence-corrected chi connectivity index (χ3v) is 7.01. The summed E-state index contributed by atoms with van der Waals surface area (Å²) in [6.45, 7) is 3.89. The number of carbonyl (C=O) groups is 2. The molecule has 0 radical (unpaired) electrons. The molecule has 3 aromatic carbocycles. The number of methoxy groups -OCH3 is 1. The van der Waals surface area contributed by atoms with Gasteiger partial charge in [-0.05, 0) is 82.6 Å². The van der Waals surface area contributed by atoms with Crippen molar-refractivity contribution in [1.82, 2.24) is 10.7 Å². The summed E-state index contributed by atoms with van der Waals surface area (Å²) in [6.07, 6.45) is 1.49. The molecule has 0 aliphatic carbocycles. The maximum absolute atomic E-state index is 12.8. The highest BCUT2D eigenvalue weighted by Crippen LogP contribution is 2.35. The molecule has 0 aliphatic rings. The summed E-state index contributed by atoms with van der Waals surface area (Å²) in [6, 6.07) is 14.4. The van der Waals surface area contributed by atoms with Crippen LogP contribution in [0.3, 0.4) is 0 Å². The standard InChI is InChI=1S/C27H25Cl3IN3O4/c1-15(2)24(33-26(35)17-4-7-19(28)8-5-17)27(36)34-32-13-16-10-22(31)25(23(11-16)37-3)38-14-18-6-9-20(29)12-21(18)30/h4-13,15,24H,14H2,1-3H3,(H,33,35)(H,34,36)/b32-13+. The van der Waals surface area contributed by atoms with E-state index in [-0.39, 0.29) is 18.4 Å². The molecule has 3 aromatic rings. The van der Waals surface area contributed by atoms with Gasteiger partial charge in [-0.3, -0.25) is 9.59 Å². The van der Waals surface area contributed by atoms with Gasteiger partial charge < -0.3 is 14.8 Å². The number of hydrogen-bond acceptors (Lipinski definition) is 5. The van der Waals surface area contributed by atoms with E-state index >= 15 is 0 Å². The van der Waals surface area contributed by atoms with Crippen molar-refractivity contribution < 1.29 is 19.1 Å². The Morgan fingerprint density at radius 3 is 2.34 bits per heavy atom. The van der Waals surface area contributed by atoms with Gasteiger partial charge in [-0.15, -0.1) is 0 Å². The summed E-state index contributed by atoms with van der Waals surface area (Å²) in [5.41, 5.74) is 4.36. The van der Waals surface area contributed by atoms with E-state index in [1.165, 1.54) is 13.3 Å². The molecule has 0 heterocycles. The zero-order valence-electron chi connectivity index (χ0n) is 20.7. The lowest BCUT2D eigenvalue weighted by Gasteiger charge is -2.20. The average molecular weight is 689 g/mol. The van der Waals surface area contributed by atoms with Crippen LogP contribution in [0.4, 0.5) is 0 Å².